The third-order valence-corrected chi connectivity index (χ3v) is 4.57. The van der Waals surface area contributed by atoms with Crippen LogP contribution in [0, 0.1) is 52.8 Å². The number of esters is 1. The van der Waals surface area contributed by atoms with E-state index in [1.807, 2.05) is 5.92 Å². The minimum Gasteiger partial charge on any atom is -0.490 e. The quantitative estimate of drug-likeness (QED) is 0.0868. The number of hydrogen-bond acceptors (Lipinski definition) is 3. The van der Waals surface area contributed by atoms with Crippen LogP contribution < -0.4 is 4.74 Å². The van der Waals surface area contributed by atoms with Gasteiger partial charge in [-0.1, -0.05) is 30.3 Å². The van der Waals surface area contributed by atoms with Crippen molar-refractivity contribution >= 4 is 5.97 Å². The summed E-state index contributed by atoms with van der Waals surface area (Å²) in [5.74, 6) is 0.0518. The summed E-state index contributed by atoms with van der Waals surface area (Å²) in [7, 11) is 0. The van der Waals surface area contributed by atoms with Crippen LogP contribution in [0.25, 0.3) is 0 Å². The number of ether oxygens (including phenoxy) is 2. The van der Waals surface area contributed by atoms with Crippen LogP contribution in [0.4, 0.5) is 22.0 Å². The lowest BCUT2D eigenvalue weighted by Crippen LogP contribution is -2.12. The molecule has 8 heteroatoms. The number of benzene rings is 3. The molecule has 0 radical (unpaired) electrons. The first kappa shape index (κ1) is 26.1. The van der Waals surface area contributed by atoms with Gasteiger partial charge < -0.3 is 9.47 Å². The molecule has 3 rings (SSSR count). The molecule has 0 fully saturated rings. The van der Waals surface area contributed by atoms with Gasteiger partial charge in [-0.3, -0.25) is 0 Å². The molecule has 0 aromatic heterocycles. The van der Waals surface area contributed by atoms with E-state index in [0.29, 0.717) is 28.0 Å². The van der Waals surface area contributed by atoms with Gasteiger partial charge >= 0.3 is 5.97 Å². The molecular weight excluding hydrogens is 479 g/mol. The molecule has 3 nitrogen and oxygen atoms in total. The van der Waals surface area contributed by atoms with Gasteiger partial charge in [-0.25, -0.2) is 26.7 Å². The smallest absolute Gasteiger partial charge is 0.333 e. The average Bonchev–Trinajstić information content (AvgIpc) is 2.88. The predicted molar refractivity (Wildman–Crippen MR) is 122 cm³/mol. The van der Waals surface area contributed by atoms with Crippen LogP contribution in [0.5, 0.6) is 5.75 Å². The molecule has 0 unspecified atom stereocenters. The van der Waals surface area contributed by atoms with Crippen molar-refractivity contribution < 1.29 is 36.2 Å². The molecular formula is C28H17F5O3. The summed E-state index contributed by atoms with van der Waals surface area (Å²) in [5, 5.41) is 0. The van der Waals surface area contributed by atoms with Gasteiger partial charge in [0.15, 0.2) is 23.3 Å². The van der Waals surface area contributed by atoms with E-state index < -0.39 is 40.6 Å². The summed E-state index contributed by atoms with van der Waals surface area (Å²) >= 11 is 0. The van der Waals surface area contributed by atoms with Crippen LogP contribution in [0.2, 0.25) is 0 Å². The zero-order chi connectivity index (χ0) is 26.2. The third kappa shape index (κ3) is 6.52. The summed E-state index contributed by atoms with van der Waals surface area (Å²) in [6.45, 7) is 5.32. The fraction of sp³-hybridized carbons (Fsp3) is 0.107. The largest absolute Gasteiger partial charge is 0.490 e. The van der Waals surface area contributed by atoms with Crippen molar-refractivity contribution in [2.75, 3.05) is 13.2 Å². The van der Waals surface area contributed by atoms with E-state index in [2.05, 4.69) is 24.3 Å². The Morgan fingerprint density at radius 1 is 0.694 bits per heavy atom. The van der Waals surface area contributed by atoms with Gasteiger partial charge in [0, 0.05) is 22.3 Å². The second kappa shape index (κ2) is 11.7. The lowest BCUT2D eigenvalue weighted by Gasteiger charge is -2.07. The van der Waals surface area contributed by atoms with Gasteiger partial charge in [-0.05, 0) is 55.5 Å². The molecule has 0 aliphatic carbocycles. The summed E-state index contributed by atoms with van der Waals surface area (Å²) in [4.78, 5) is 11.3. The number of carbonyl (C=O) groups is 1. The average molecular weight is 496 g/mol. The Balaban J connectivity index is 1.62. The maximum absolute atomic E-state index is 13.7. The zero-order valence-corrected chi connectivity index (χ0v) is 18.9. The van der Waals surface area contributed by atoms with Crippen molar-refractivity contribution in [2.24, 2.45) is 0 Å². The van der Waals surface area contributed by atoms with E-state index in [1.165, 1.54) is 12.1 Å². The number of carbonyl (C=O) groups excluding carboxylic acids is 1. The van der Waals surface area contributed by atoms with Crippen LogP contribution in [0.3, 0.4) is 0 Å². The Morgan fingerprint density at radius 3 is 1.58 bits per heavy atom. The SMILES string of the molecule is C=C(C)C(=O)OCCOc1ccc(C#Cc2ccc(C#Cc3c(F)c(F)c(F)c(F)c3F)cc2)cc1. The molecule has 0 heterocycles. The number of halogens is 5. The van der Waals surface area contributed by atoms with E-state index in [4.69, 9.17) is 9.47 Å². The lowest BCUT2D eigenvalue weighted by atomic mass is 10.1. The van der Waals surface area contributed by atoms with Crippen LogP contribution >= 0.6 is 0 Å². The molecule has 0 amide bonds. The van der Waals surface area contributed by atoms with E-state index in [-0.39, 0.29) is 13.2 Å². The molecule has 0 bridgehead atoms. The second-order valence-electron chi connectivity index (χ2n) is 7.31. The molecule has 3 aromatic carbocycles. The van der Waals surface area contributed by atoms with E-state index in [1.54, 1.807) is 43.3 Å². The van der Waals surface area contributed by atoms with Crippen molar-refractivity contribution in [2.45, 2.75) is 6.92 Å². The topological polar surface area (TPSA) is 35.5 Å². The normalized spacial score (nSPS) is 9.94. The van der Waals surface area contributed by atoms with Crippen molar-refractivity contribution in [3.05, 3.63) is 112 Å². The summed E-state index contributed by atoms with van der Waals surface area (Å²) in [6, 6.07) is 13.1. The highest BCUT2D eigenvalue weighted by Crippen LogP contribution is 2.22. The maximum atomic E-state index is 13.7. The van der Waals surface area contributed by atoms with Crippen LogP contribution in [0.1, 0.15) is 29.2 Å². The first-order chi connectivity index (χ1) is 17.2. The Morgan fingerprint density at radius 2 is 1.11 bits per heavy atom. The van der Waals surface area contributed by atoms with Gasteiger partial charge in [-0.2, -0.15) is 0 Å². The molecule has 3 aromatic rings. The second-order valence-corrected chi connectivity index (χ2v) is 7.31. The number of hydrogen-bond donors (Lipinski definition) is 0. The maximum Gasteiger partial charge on any atom is 0.333 e. The molecule has 182 valence electrons. The minimum absolute atomic E-state index is 0.0924. The summed E-state index contributed by atoms with van der Waals surface area (Å²) < 4.78 is 77.5. The first-order valence-corrected chi connectivity index (χ1v) is 10.4. The molecule has 0 saturated carbocycles. The van der Waals surface area contributed by atoms with Gasteiger partial charge in [-0.15, -0.1) is 0 Å². The van der Waals surface area contributed by atoms with Crippen molar-refractivity contribution in [3.8, 4) is 29.4 Å². The Labute approximate surface area is 204 Å². The molecule has 0 atom stereocenters. The van der Waals surface area contributed by atoms with Crippen molar-refractivity contribution in [1.29, 1.82) is 0 Å². The minimum atomic E-state index is -2.23. The number of rotatable bonds is 5. The molecule has 36 heavy (non-hydrogen) atoms. The van der Waals surface area contributed by atoms with Gasteiger partial charge in [0.1, 0.15) is 24.5 Å². The highest BCUT2D eigenvalue weighted by atomic mass is 19.2. The zero-order valence-electron chi connectivity index (χ0n) is 18.9. The third-order valence-electron chi connectivity index (χ3n) is 4.57. The first-order valence-electron chi connectivity index (χ1n) is 10.4. The van der Waals surface area contributed by atoms with E-state index in [0.717, 1.165) is 0 Å². The molecule has 0 aliphatic rings. The highest BCUT2D eigenvalue weighted by Gasteiger charge is 2.24. The monoisotopic (exact) mass is 496 g/mol. The van der Waals surface area contributed by atoms with Crippen molar-refractivity contribution in [3.63, 3.8) is 0 Å². The molecule has 0 aliphatic heterocycles. The summed E-state index contributed by atoms with van der Waals surface area (Å²) in [6.07, 6.45) is 0. The molecule has 0 spiro atoms. The molecule has 0 N–H and O–H groups in total. The Hall–Kier alpha value is -4.56. The van der Waals surface area contributed by atoms with Gasteiger partial charge in [0.05, 0.1) is 0 Å². The Bertz CT molecular complexity index is 1390. The fourth-order valence-corrected chi connectivity index (χ4v) is 2.68. The van der Waals surface area contributed by atoms with Gasteiger partial charge in [0.2, 0.25) is 5.82 Å². The lowest BCUT2D eigenvalue weighted by molar-refractivity contribution is -0.139. The van der Waals surface area contributed by atoms with Crippen LogP contribution in [-0.2, 0) is 9.53 Å². The van der Waals surface area contributed by atoms with E-state index in [9.17, 15) is 26.7 Å². The van der Waals surface area contributed by atoms with E-state index >= 15 is 0 Å². The summed E-state index contributed by atoms with van der Waals surface area (Å²) in [5.41, 5.74) is 0.711. The fourth-order valence-electron chi connectivity index (χ4n) is 2.68. The van der Waals surface area contributed by atoms with Crippen LogP contribution in [0.15, 0.2) is 60.7 Å². The predicted octanol–water partition coefficient (Wildman–Crippen LogP) is 5.68. The molecule has 0 saturated heterocycles. The van der Waals surface area contributed by atoms with Gasteiger partial charge in [0.25, 0.3) is 0 Å². The standard InChI is InChI=1S/C28H17F5O3/c1-17(2)28(34)36-16-15-35-21-12-9-20(10-13-21)8-5-18-3-6-19(7-4-18)11-14-22-23(29)25(31)27(33)26(32)24(22)30/h3-4,6-7,9-10,12-13H,1,15-16H2,2H3. The van der Waals surface area contributed by atoms with Crippen LogP contribution in [-0.4, -0.2) is 19.2 Å². The Kier molecular flexibility index (Phi) is 8.48. The van der Waals surface area contributed by atoms with Crippen molar-refractivity contribution in [1.82, 2.24) is 0 Å². The highest BCUT2D eigenvalue weighted by molar-refractivity contribution is 5.86.